The van der Waals surface area contributed by atoms with Crippen molar-refractivity contribution in [2.45, 2.75) is 44.6 Å². The standard InChI is InChI=1S/C15H19NO/c1-14(2,3)16-10-12-6-4-5-7-13(12)15(11-17)8-9-15/h4-7,10-11H,8-9H2,1-3H3. The van der Waals surface area contributed by atoms with E-state index in [9.17, 15) is 4.79 Å². The van der Waals surface area contributed by atoms with Crippen molar-refractivity contribution in [1.82, 2.24) is 0 Å². The zero-order chi connectivity index (χ0) is 12.5. The number of hydrogen-bond acceptors (Lipinski definition) is 2. The Kier molecular flexibility index (Phi) is 2.90. The quantitative estimate of drug-likeness (QED) is 0.578. The summed E-state index contributed by atoms with van der Waals surface area (Å²) in [6.07, 6.45) is 4.93. The first-order chi connectivity index (χ1) is 7.97. The van der Waals surface area contributed by atoms with Crippen molar-refractivity contribution < 1.29 is 4.79 Å². The molecule has 0 unspecified atom stereocenters. The van der Waals surface area contributed by atoms with Crippen molar-refractivity contribution in [1.29, 1.82) is 0 Å². The van der Waals surface area contributed by atoms with E-state index in [4.69, 9.17) is 0 Å². The molecule has 0 heterocycles. The minimum Gasteiger partial charge on any atom is -0.302 e. The first-order valence-corrected chi connectivity index (χ1v) is 6.08. The summed E-state index contributed by atoms with van der Waals surface area (Å²) in [5, 5.41) is 0. The Labute approximate surface area is 103 Å². The third-order valence-electron chi connectivity index (χ3n) is 3.10. The highest BCUT2D eigenvalue weighted by Crippen LogP contribution is 2.47. The molecule has 17 heavy (non-hydrogen) atoms. The van der Waals surface area contributed by atoms with Gasteiger partial charge in [-0.3, -0.25) is 4.99 Å². The highest BCUT2D eigenvalue weighted by atomic mass is 16.1. The molecule has 90 valence electrons. The predicted molar refractivity (Wildman–Crippen MR) is 70.8 cm³/mol. The van der Waals surface area contributed by atoms with Gasteiger partial charge in [0.1, 0.15) is 6.29 Å². The van der Waals surface area contributed by atoms with Crippen molar-refractivity contribution in [2.24, 2.45) is 4.99 Å². The highest BCUT2D eigenvalue weighted by Gasteiger charge is 2.45. The van der Waals surface area contributed by atoms with Gasteiger partial charge >= 0.3 is 0 Å². The van der Waals surface area contributed by atoms with Crippen LogP contribution in [0.4, 0.5) is 0 Å². The number of aliphatic imine (C=N–C) groups is 1. The summed E-state index contributed by atoms with van der Waals surface area (Å²) in [6, 6.07) is 8.07. The minimum absolute atomic E-state index is 0.0784. The van der Waals surface area contributed by atoms with Crippen LogP contribution in [0, 0.1) is 0 Å². The normalized spacial score (nSPS) is 18.3. The van der Waals surface area contributed by atoms with E-state index in [0.717, 1.165) is 30.3 Å². The third kappa shape index (κ3) is 2.63. The van der Waals surface area contributed by atoms with E-state index >= 15 is 0 Å². The minimum atomic E-state index is -0.222. The molecule has 1 saturated carbocycles. The van der Waals surface area contributed by atoms with E-state index in [1.165, 1.54) is 0 Å². The fourth-order valence-electron chi connectivity index (χ4n) is 1.91. The largest absolute Gasteiger partial charge is 0.302 e. The molecule has 0 spiro atoms. The van der Waals surface area contributed by atoms with Gasteiger partial charge in [0.15, 0.2) is 0 Å². The second kappa shape index (κ2) is 4.10. The number of nitrogens with zero attached hydrogens (tertiary/aromatic N) is 1. The molecule has 0 radical (unpaired) electrons. The number of benzene rings is 1. The maximum Gasteiger partial charge on any atom is 0.130 e. The van der Waals surface area contributed by atoms with Gasteiger partial charge in [0.25, 0.3) is 0 Å². The van der Waals surface area contributed by atoms with Gasteiger partial charge in [-0.15, -0.1) is 0 Å². The van der Waals surface area contributed by atoms with Crippen LogP contribution >= 0.6 is 0 Å². The fraction of sp³-hybridized carbons (Fsp3) is 0.467. The molecule has 1 aliphatic rings. The summed E-state index contributed by atoms with van der Waals surface area (Å²) in [5.41, 5.74) is 1.90. The number of aldehydes is 1. The van der Waals surface area contributed by atoms with Crippen molar-refractivity contribution in [3.8, 4) is 0 Å². The Bertz CT molecular complexity index is 450. The molecule has 1 aliphatic carbocycles. The molecular weight excluding hydrogens is 210 g/mol. The van der Waals surface area contributed by atoms with Crippen LogP contribution in [-0.4, -0.2) is 18.0 Å². The molecule has 0 amide bonds. The lowest BCUT2D eigenvalue weighted by Crippen LogP contribution is -2.13. The van der Waals surface area contributed by atoms with E-state index in [1.54, 1.807) is 0 Å². The van der Waals surface area contributed by atoms with Crippen LogP contribution in [-0.2, 0) is 10.2 Å². The maximum atomic E-state index is 11.2. The molecule has 2 nitrogen and oxygen atoms in total. The SMILES string of the molecule is CC(C)(C)N=Cc1ccccc1C1(C=O)CC1. The first kappa shape index (κ1) is 12.0. The molecule has 1 fully saturated rings. The lowest BCUT2D eigenvalue weighted by atomic mass is 9.93. The molecule has 0 aromatic heterocycles. The number of carbonyl (C=O) groups is 1. The van der Waals surface area contributed by atoms with Crippen LogP contribution in [0.15, 0.2) is 29.3 Å². The highest BCUT2D eigenvalue weighted by molar-refractivity contribution is 5.87. The van der Waals surface area contributed by atoms with Gasteiger partial charge in [0.2, 0.25) is 0 Å². The van der Waals surface area contributed by atoms with Crippen LogP contribution in [0.2, 0.25) is 0 Å². The Morgan fingerprint density at radius 1 is 1.24 bits per heavy atom. The molecule has 0 atom stereocenters. The fourth-order valence-corrected chi connectivity index (χ4v) is 1.91. The van der Waals surface area contributed by atoms with Gasteiger partial charge in [-0.2, -0.15) is 0 Å². The van der Waals surface area contributed by atoms with Gasteiger partial charge in [0.05, 0.1) is 11.0 Å². The maximum absolute atomic E-state index is 11.2. The van der Waals surface area contributed by atoms with E-state index in [0.29, 0.717) is 0 Å². The van der Waals surface area contributed by atoms with Gasteiger partial charge in [-0.25, -0.2) is 0 Å². The molecule has 2 heteroatoms. The second-order valence-electron chi connectivity index (χ2n) is 5.79. The molecule has 1 aromatic rings. The van der Waals surface area contributed by atoms with Crippen molar-refractivity contribution in [2.75, 3.05) is 0 Å². The zero-order valence-electron chi connectivity index (χ0n) is 10.7. The Morgan fingerprint density at radius 2 is 1.88 bits per heavy atom. The number of rotatable bonds is 3. The molecule has 0 bridgehead atoms. The van der Waals surface area contributed by atoms with Gasteiger partial charge in [0, 0.05) is 6.21 Å². The summed E-state index contributed by atoms with van der Waals surface area (Å²) in [5.74, 6) is 0. The third-order valence-corrected chi connectivity index (χ3v) is 3.10. The van der Waals surface area contributed by atoms with E-state index < -0.39 is 0 Å². The second-order valence-corrected chi connectivity index (χ2v) is 5.79. The molecule has 0 N–H and O–H groups in total. The molecule has 0 aliphatic heterocycles. The van der Waals surface area contributed by atoms with Gasteiger partial charge in [-0.1, -0.05) is 24.3 Å². The van der Waals surface area contributed by atoms with E-state index in [-0.39, 0.29) is 11.0 Å². The van der Waals surface area contributed by atoms with Crippen molar-refractivity contribution >= 4 is 12.5 Å². The summed E-state index contributed by atoms with van der Waals surface area (Å²) >= 11 is 0. The van der Waals surface area contributed by atoms with E-state index in [2.05, 4.69) is 25.8 Å². The molecule has 1 aromatic carbocycles. The monoisotopic (exact) mass is 229 g/mol. The summed E-state index contributed by atoms with van der Waals surface area (Å²) < 4.78 is 0. The lowest BCUT2D eigenvalue weighted by Gasteiger charge is -2.14. The van der Waals surface area contributed by atoms with Crippen molar-refractivity contribution in [3.05, 3.63) is 35.4 Å². The summed E-state index contributed by atoms with van der Waals surface area (Å²) in [4.78, 5) is 15.7. The molecule has 2 rings (SSSR count). The Hall–Kier alpha value is -1.44. The van der Waals surface area contributed by atoms with Gasteiger partial charge in [-0.05, 0) is 44.7 Å². The van der Waals surface area contributed by atoms with Gasteiger partial charge < -0.3 is 4.79 Å². The summed E-state index contributed by atoms with van der Waals surface area (Å²) in [7, 11) is 0. The topological polar surface area (TPSA) is 29.4 Å². The molecular formula is C15H19NO. The summed E-state index contributed by atoms with van der Waals surface area (Å²) in [6.45, 7) is 6.20. The first-order valence-electron chi connectivity index (χ1n) is 6.08. The van der Waals surface area contributed by atoms with E-state index in [1.807, 2.05) is 30.5 Å². The number of hydrogen-bond donors (Lipinski definition) is 0. The molecule has 0 saturated heterocycles. The van der Waals surface area contributed by atoms with Crippen LogP contribution in [0.5, 0.6) is 0 Å². The smallest absolute Gasteiger partial charge is 0.130 e. The van der Waals surface area contributed by atoms with Crippen LogP contribution < -0.4 is 0 Å². The van der Waals surface area contributed by atoms with Crippen LogP contribution in [0.3, 0.4) is 0 Å². The zero-order valence-corrected chi connectivity index (χ0v) is 10.7. The average Bonchev–Trinajstić information content (AvgIpc) is 3.07. The van der Waals surface area contributed by atoms with Crippen LogP contribution in [0.1, 0.15) is 44.7 Å². The predicted octanol–water partition coefficient (Wildman–Crippen LogP) is 3.13. The Balaban J connectivity index is 2.35. The average molecular weight is 229 g/mol. The lowest BCUT2D eigenvalue weighted by molar-refractivity contribution is -0.109. The number of carbonyl (C=O) groups excluding carboxylic acids is 1. The van der Waals surface area contributed by atoms with Crippen LogP contribution in [0.25, 0.3) is 0 Å². The van der Waals surface area contributed by atoms with Crippen molar-refractivity contribution in [3.63, 3.8) is 0 Å². The Morgan fingerprint density at radius 3 is 2.41 bits per heavy atom.